The molecule has 0 aromatic carbocycles. The first-order valence-electron chi connectivity index (χ1n) is 8.90. The van der Waals surface area contributed by atoms with Crippen LogP contribution in [0.25, 0.3) is 0 Å². The van der Waals surface area contributed by atoms with Crippen LogP contribution in [0.3, 0.4) is 0 Å². The largest absolute Gasteiger partial charge is 0.381 e. The predicted molar refractivity (Wildman–Crippen MR) is 87.4 cm³/mol. The maximum absolute atomic E-state index is 5.80. The number of methoxy groups -OCH3 is 2. The summed E-state index contributed by atoms with van der Waals surface area (Å²) in [6.45, 7) is 6.27. The molecule has 1 atom stereocenters. The molecule has 0 spiro atoms. The highest BCUT2D eigenvalue weighted by Crippen LogP contribution is 2.37. The lowest BCUT2D eigenvalue weighted by molar-refractivity contribution is -0.249. The van der Waals surface area contributed by atoms with Crippen molar-refractivity contribution in [1.29, 1.82) is 0 Å². The summed E-state index contributed by atoms with van der Waals surface area (Å²) >= 11 is 0. The Hall–Kier alpha value is -0.120. The van der Waals surface area contributed by atoms with E-state index in [1.807, 2.05) is 0 Å². The number of ether oxygens (including phenoxy) is 3. The highest BCUT2D eigenvalue weighted by Gasteiger charge is 2.39. The normalized spacial score (nSPS) is 17.7. The predicted octanol–water partition coefficient (Wildman–Crippen LogP) is 4.79. The van der Waals surface area contributed by atoms with Gasteiger partial charge in [-0.15, -0.1) is 0 Å². The molecule has 1 saturated heterocycles. The van der Waals surface area contributed by atoms with E-state index < -0.39 is 5.79 Å². The van der Waals surface area contributed by atoms with Gasteiger partial charge < -0.3 is 14.2 Å². The van der Waals surface area contributed by atoms with Crippen LogP contribution < -0.4 is 0 Å². The number of hydrogen-bond acceptors (Lipinski definition) is 3. The summed E-state index contributed by atoms with van der Waals surface area (Å²) in [5, 5.41) is 0. The Kier molecular flexibility index (Phi) is 9.54. The smallest absolute Gasteiger partial charge is 0.170 e. The first-order chi connectivity index (χ1) is 10.2. The Morgan fingerprint density at radius 3 is 2.10 bits per heavy atom. The second-order valence-corrected chi connectivity index (χ2v) is 6.47. The first-order valence-corrected chi connectivity index (χ1v) is 8.90. The van der Waals surface area contributed by atoms with E-state index in [1.165, 1.54) is 51.4 Å². The lowest BCUT2D eigenvalue weighted by Gasteiger charge is -2.41. The second kappa shape index (κ2) is 10.6. The maximum Gasteiger partial charge on any atom is 0.170 e. The van der Waals surface area contributed by atoms with Crippen molar-refractivity contribution in [2.24, 2.45) is 11.8 Å². The van der Waals surface area contributed by atoms with Crippen molar-refractivity contribution in [3.05, 3.63) is 0 Å². The van der Waals surface area contributed by atoms with Crippen molar-refractivity contribution in [2.75, 3.05) is 27.4 Å². The van der Waals surface area contributed by atoms with Gasteiger partial charge in [0.1, 0.15) is 0 Å². The molecule has 1 rings (SSSR count). The molecule has 1 aliphatic heterocycles. The SMILES string of the molecule is CCCCCCCCC(CC1COC1)C(CC)(OC)OC. The van der Waals surface area contributed by atoms with Gasteiger partial charge >= 0.3 is 0 Å². The zero-order chi connectivity index (χ0) is 15.6. The van der Waals surface area contributed by atoms with Gasteiger partial charge in [-0.2, -0.15) is 0 Å². The third-order valence-electron chi connectivity index (χ3n) is 5.04. The van der Waals surface area contributed by atoms with Crippen LogP contribution >= 0.6 is 0 Å². The summed E-state index contributed by atoms with van der Waals surface area (Å²) in [6.07, 6.45) is 11.4. The zero-order valence-corrected chi connectivity index (χ0v) is 14.7. The van der Waals surface area contributed by atoms with Gasteiger partial charge in [0.25, 0.3) is 0 Å². The van der Waals surface area contributed by atoms with E-state index in [0.717, 1.165) is 19.6 Å². The van der Waals surface area contributed by atoms with Crippen LogP contribution in [0, 0.1) is 11.8 Å². The molecule has 1 unspecified atom stereocenters. The lowest BCUT2D eigenvalue weighted by atomic mass is 9.82. The van der Waals surface area contributed by atoms with Gasteiger partial charge in [0, 0.05) is 26.1 Å². The highest BCUT2D eigenvalue weighted by molar-refractivity contribution is 4.82. The van der Waals surface area contributed by atoms with Crippen LogP contribution in [0.2, 0.25) is 0 Å². The Labute approximate surface area is 131 Å². The number of hydrogen-bond donors (Lipinski definition) is 0. The van der Waals surface area contributed by atoms with E-state index >= 15 is 0 Å². The first kappa shape index (κ1) is 18.9. The monoisotopic (exact) mass is 300 g/mol. The topological polar surface area (TPSA) is 27.7 Å². The molecular weight excluding hydrogens is 264 g/mol. The van der Waals surface area contributed by atoms with Gasteiger partial charge in [-0.25, -0.2) is 0 Å². The quantitative estimate of drug-likeness (QED) is 0.361. The average molecular weight is 300 g/mol. The van der Waals surface area contributed by atoms with E-state index in [0.29, 0.717) is 11.8 Å². The van der Waals surface area contributed by atoms with Crippen molar-refractivity contribution in [1.82, 2.24) is 0 Å². The third kappa shape index (κ3) is 5.88. The molecule has 3 heteroatoms. The molecule has 21 heavy (non-hydrogen) atoms. The minimum atomic E-state index is -0.404. The highest BCUT2D eigenvalue weighted by atomic mass is 16.7. The van der Waals surface area contributed by atoms with Crippen LogP contribution in [-0.4, -0.2) is 33.2 Å². The fourth-order valence-corrected chi connectivity index (χ4v) is 3.51. The van der Waals surface area contributed by atoms with Crippen LogP contribution in [0.1, 0.15) is 71.6 Å². The van der Waals surface area contributed by atoms with E-state index in [2.05, 4.69) is 13.8 Å². The lowest BCUT2D eigenvalue weighted by Crippen LogP contribution is -2.44. The molecule has 3 nitrogen and oxygen atoms in total. The summed E-state index contributed by atoms with van der Waals surface area (Å²) in [6, 6.07) is 0. The van der Waals surface area contributed by atoms with Gasteiger partial charge in [-0.1, -0.05) is 52.4 Å². The van der Waals surface area contributed by atoms with Gasteiger partial charge in [0.2, 0.25) is 0 Å². The number of rotatable bonds is 13. The Morgan fingerprint density at radius 1 is 1.00 bits per heavy atom. The molecule has 1 heterocycles. The van der Waals surface area contributed by atoms with Crippen molar-refractivity contribution in [2.45, 2.75) is 77.4 Å². The summed E-state index contributed by atoms with van der Waals surface area (Å²) in [5.74, 6) is 0.780. The minimum Gasteiger partial charge on any atom is -0.381 e. The van der Waals surface area contributed by atoms with E-state index in [-0.39, 0.29) is 0 Å². The molecule has 1 aliphatic rings. The van der Waals surface area contributed by atoms with E-state index in [9.17, 15) is 0 Å². The van der Waals surface area contributed by atoms with Crippen LogP contribution in [0.15, 0.2) is 0 Å². The summed E-state index contributed by atoms with van der Waals surface area (Å²) in [7, 11) is 3.58. The molecule has 0 aromatic rings. The summed E-state index contributed by atoms with van der Waals surface area (Å²) < 4.78 is 16.9. The van der Waals surface area contributed by atoms with Gasteiger partial charge in [-0.3, -0.25) is 0 Å². The van der Waals surface area contributed by atoms with Crippen LogP contribution in [0.5, 0.6) is 0 Å². The standard InChI is InChI=1S/C18H36O3/c1-5-7-8-9-10-11-12-17(13-16-14-21-15-16)18(6-2,19-3)20-4/h16-17H,5-15H2,1-4H3. The van der Waals surface area contributed by atoms with Crippen LogP contribution in [-0.2, 0) is 14.2 Å². The Balaban J connectivity index is 2.43. The molecule has 0 amide bonds. The van der Waals surface area contributed by atoms with Crippen LogP contribution in [0.4, 0.5) is 0 Å². The Bertz CT molecular complexity index is 239. The molecule has 0 radical (unpaired) electrons. The zero-order valence-electron chi connectivity index (χ0n) is 14.7. The van der Waals surface area contributed by atoms with Gasteiger partial charge in [-0.05, 0) is 19.3 Å². The Morgan fingerprint density at radius 2 is 1.62 bits per heavy atom. The molecule has 0 bridgehead atoms. The van der Waals surface area contributed by atoms with Gasteiger partial charge in [0.15, 0.2) is 5.79 Å². The van der Waals surface area contributed by atoms with E-state index in [4.69, 9.17) is 14.2 Å². The molecule has 0 saturated carbocycles. The molecular formula is C18H36O3. The molecule has 0 N–H and O–H groups in total. The molecule has 0 aromatic heterocycles. The van der Waals surface area contributed by atoms with Gasteiger partial charge in [0.05, 0.1) is 13.2 Å². The second-order valence-electron chi connectivity index (χ2n) is 6.47. The number of unbranched alkanes of at least 4 members (excludes halogenated alkanes) is 5. The van der Waals surface area contributed by atoms with Crippen molar-refractivity contribution >= 4 is 0 Å². The minimum absolute atomic E-state index is 0.404. The third-order valence-corrected chi connectivity index (χ3v) is 5.04. The molecule has 126 valence electrons. The van der Waals surface area contributed by atoms with Crippen molar-refractivity contribution in [3.8, 4) is 0 Å². The average Bonchev–Trinajstić information content (AvgIpc) is 2.47. The summed E-state index contributed by atoms with van der Waals surface area (Å²) in [4.78, 5) is 0. The fourth-order valence-electron chi connectivity index (χ4n) is 3.51. The van der Waals surface area contributed by atoms with E-state index in [1.54, 1.807) is 14.2 Å². The maximum atomic E-state index is 5.80. The fraction of sp³-hybridized carbons (Fsp3) is 1.00. The van der Waals surface area contributed by atoms with Crippen molar-refractivity contribution in [3.63, 3.8) is 0 Å². The molecule has 1 fully saturated rings. The molecule has 0 aliphatic carbocycles. The summed E-state index contributed by atoms with van der Waals surface area (Å²) in [5.41, 5.74) is 0. The van der Waals surface area contributed by atoms with Crippen molar-refractivity contribution < 1.29 is 14.2 Å².